The summed E-state index contributed by atoms with van der Waals surface area (Å²) in [6, 6.07) is 9.53. The highest BCUT2D eigenvalue weighted by Gasteiger charge is 2.36. The number of amides is 2. The molecule has 2 amide bonds. The van der Waals surface area contributed by atoms with Crippen molar-refractivity contribution in [3.8, 4) is 0 Å². The summed E-state index contributed by atoms with van der Waals surface area (Å²) in [6.07, 6.45) is 2.62. The zero-order valence-electron chi connectivity index (χ0n) is 15.3. The van der Waals surface area contributed by atoms with E-state index in [2.05, 4.69) is 10.4 Å². The number of nitrogens with one attached hydrogen (secondary N) is 1. The van der Waals surface area contributed by atoms with Crippen molar-refractivity contribution in [2.75, 3.05) is 6.61 Å². The molecule has 1 fully saturated rings. The summed E-state index contributed by atoms with van der Waals surface area (Å²) >= 11 is 5.95. The molecule has 9 heteroatoms. The highest BCUT2D eigenvalue weighted by Crippen LogP contribution is 2.33. The summed E-state index contributed by atoms with van der Waals surface area (Å²) in [5, 5.41) is 8.85. The van der Waals surface area contributed by atoms with Gasteiger partial charge in [-0.3, -0.25) is 9.59 Å². The molecule has 0 aliphatic carbocycles. The van der Waals surface area contributed by atoms with E-state index in [1.807, 2.05) is 12.1 Å². The molecule has 2 aliphatic rings. The van der Waals surface area contributed by atoms with Crippen LogP contribution >= 0.6 is 11.6 Å². The Balaban J connectivity index is 1.48. The molecule has 0 unspecified atom stereocenters. The SMILES string of the molecule is O=C1CC[C@H](C(=O)OCC(=O)N2N=C(c3ccc(Cl)cc3)C[C@@H]2c2ccco2)N1. The van der Waals surface area contributed by atoms with Gasteiger partial charge in [0.15, 0.2) is 6.61 Å². The first-order chi connectivity index (χ1) is 14.0. The van der Waals surface area contributed by atoms with Gasteiger partial charge in [0.25, 0.3) is 5.91 Å². The number of nitrogens with zero attached hydrogens (tertiary/aromatic N) is 2. The number of hydrogen-bond donors (Lipinski definition) is 1. The standard InChI is InChI=1S/C20H18ClN3O5/c21-13-5-3-12(4-6-13)15-10-16(17-2-1-9-28-17)24(23-15)19(26)11-29-20(27)14-7-8-18(25)22-14/h1-6,9,14,16H,7-8,10-11H2,(H,22,25)/t14-,16-/m1/s1. The van der Waals surface area contributed by atoms with Gasteiger partial charge in [-0.2, -0.15) is 5.10 Å². The van der Waals surface area contributed by atoms with E-state index < -0.39 is 30.6 Å². The maximum atomic E-state index is 12.8. The predicted octanol–water partition coefficient (Wildman–Crippen LogP) is 2.43. The van der Waals surface area contributed by atoms with E-state index in [-0.39, 0.29) is 12.3 Å². The van der Waals surface area contributed by atoms with Crippen LogP contribution in [0.15, 0.2) is 52.2 Å². The zero-order chi connectivity index (χ0) is 20.4. The molecule has 0 spiro atoms. The van der Waals surface area contributed by atoms with E-state index in [4.69, 9.17) is 20.8 Å². The Morgan fingerprint density at radius 2 is 2.07 bits per heavy atom. The van der Waals surface area contributed by atoms with Crippen molar-refractivity contribution in [1.29, 1.82) is 0 Å². The molecule has 1 aromatic heterocycles. The number of benzene rings is 1. The van der Waals surface area contributed by atoms with Gasteiger partial charge >= 0.3 is 5.97 Å². The van der Waals surface area contributed by atoms with E-state index in [1.165, 1.54) is 11.3 Å². The van der Waals surface area contributed by atoms with Crippen molar-refractivity contribution in [1.82, 2.24) is 10.3 Å². The highest BCUT2D eigenvalue weighted by molar-refractivity contribution is 6.30. The Morgan fingerprint density at radius 1 is 1.28 bits per heavy atom. The van der Waals surface area contributed by atoms with Crippen LogP contribution in [0.25, 0.3) is 0 Å². The van der Waals surface area contributed by atoms with Gasteiger partial charge in [-0.15, -0.1) is 0 Å². The van der Waals surface area contributed by atoms with Crippen LogP contribution in [-0.2, 0) is 19.1 Å². The zero-order valence-corrected chi connectivity index (χ0v) is 16.1. The Morgan fingerprint density at radius 3 is 2.72 bits per heavy atom. The summed E-state index contributed by atoms with van der Waals surface area (Å²) in [4.78, 5) is 36.1. The van der Waals surface area contributed by atoms with Gasteiger partial charge in [-0.05, 0) is 36.2 Å². The maximum absolute atomic E-state index is 12.8. The largest absolute Gasteiger partial charge is 0.467 e. The van der Waals surface area contributed by atoms with Gasteiger partial charge in [0.1, 0.15) is 17.8 Å². The second-order valence-electron chi connectivity index (χ2n) is 6.79. The fourth-order valence-corrected chi connectivity index (χ4v) is 3.48. The lowest BCUT2D eigenvalue weighted by atomic mass is 10.0. The van der Waals surface area contributed by atoms with Gasteiger partial charge in [0.2, 0.25) is 5.91 Å². The second kappa shape index (κ2) is 8.08. The van der Waals surface area contributed by atoms with Crippen LogP contribution < -0.4 is 5.32 Å². The molecule has 1 aromatic carbocycles. The van der Waals surface area contributed by atoms with Crippen molar-refractivity contribution in [3.63, 3.8) is 0 Å². The Hall–Kier alpha value is -3.13. The number of esters is 1. The van der Waals surface area contributed by atoms with Gasteiger partial charge in [-0.25, -0.2) is 9.80 Å². The number of ether oxygens (including phenoxy) is 1. The summed E-state index contributed by atoms with van der Waals surface area (Å²) in [5.41, 5.74) is 1.54. The van der Waals surface area contributed by atoms with E-state index in [9.17, 15) is 14.4 Å². The van der Waals surface area contributed by atoms with Crippen molar-refractivity contribution in [2.24, 2.45) is 5.10 Å². The monoisotopic (exact) mass is 415 g/mol. The summed E-state index contributed by atoms with van der Waals surface area (Å²) in [5.74, 6) is -0.721. The van der Waals surface area contributed by atoms with E-state index in [0.29, 0.717) is 29.3 Å². The van der Waals surface area contributed by atoms with Crippen LogP contribution in [0.1, 0.15) is 36.6 Å². The molecular weight excluding hydrogens is 398 g/mol. The highest BCUT2D eigenvalue weighted by atomic mass is 35.5. The summed E-state index contributed by atoms with van der Waals surface area (Å²) < 4.78 is 10.6. The Bertz CT molecular complexity index is 955. The van der Waals surface area contributed by atoms with E-state index in [0.717, 1.165) is 5.56 Å². The number of hydrogen-bond acceptors (Lipinski definition) is 6. The fourth-order valence-electron chi connectivity index (χ4n) is 3.35. The first-order valence-electron chi connectivity index (χ1n) is 9.16. The average Bonchev–Trinajstić information content (AvgIpc) is 3.46. The molecule has 29 heavy (non-hydrogen) atoms. The molecule has 2 aliphatic heterocycles. The molecule has 1 saturated heterocycles. The number of rotatable bonds is 5. The molecule has 0 bridgehead atoms. The van der Waals surface area contributed by atoms with E-state index >= 15 is 0 Å². The number of carbonyl (C=O) groups is 3. The third kappa shape index (κ3) is 4.17. The maximum Gasteiger partial charge on any atom is 0.329 e. The fraction of sp³-hybridized carbons (Fsp3) is 0.300. The van der Waals surface area contributed by atoms with Crippen molar-refractivity contribution in [3.05, 3.63) is 59.0 Å². The molecular formula is C20H18ClN3O5. The Labute approximate surface area is 171 Å². The van der Waals surface area contributed by atoms with Gasteiger partial charge in [0, 0.05) is 17.9 Å². The average molecular weight is 416 g/mol. The molecule has 0 saturated carbocycles. The first-order valence-corrected chi connectivity index (χ1v) is 9.54. The van der Waals surface area contributed by atoms with Crippen LogP contribution in [0.3, 0.4) is 0 Å². The molecule has 150 valence electrons. The lowest BCUT2D eigenvalue weighted by Crippen LogP contribution is -2.37. The Kier molecular flexibility index (Phi) is 5.35. The lowest BCUT2D eigenvalue weighted by molar-refractivity contribution is -0.154. The minimum Gasteiger partial charge on any atom is -0.467 e. The third-order valence-electron chi connectivity index (χ3n) is 4.83. The lowest BCUT2D eigenvalue weighted by Gasteiger charge is -2.20. The van der Waals surface area contributed by atoms with Gasteiger partial charge in [-0.1, -0.05) is 23.7 Å². The minimum absolute atomic E-state index is 0.201. The minimum atomic E-state index is -0.706. The molecule has 0 radical (unpaired) electrons. The number of furan rings is 1. The van der Waals surface area contributed by atoms with E-state index in [1.54, 1.807) is 24.3 Å². The molecule has 2 aromatic rings. The smallest absolute Gasteiger partial charge is 0.329 e. The second-order valence-corrected chi connectivity index (χ2v) is 7.23. The molecule has 1 N–H and O–H groups in total. The quantitative estimate of drug-likeness (QED) is 0.756. The van der Waals surface area contributed by atoms with Crippen LogP contribution in [0.4, 0.5) is 0 Å². The predicted molar refractivity (Wildman–Crippen MR) is 103 cm³/mol. The number of halogens is 1. The van der Waals surface area contributed by atoms with Crippen LogP contribution in [0.2, 0.25) is 5.02 Å². The summed E-state index contributed by atoms with van der Waals surface area (Å²) in [7, 11) is 0. The van der Waals surface area contributed by atoms with Crippen molar-refractivity contribution in [2.45, 2.75) is 31.3 Å². The normalized spacial score (nSPS) is 21.1. The topological polar surface area (TPSA) is 101 Å². The first kappa shape index (κ1) is 19.2. The molecule has 8 nitrogen and oxygen atoms in total. The number of hydrazone groups is 1. The van der Waals surface area contributed by atoms with Gasteiger partial charge < -0.3 is 14.5 Å². The molecule has 3 heterocycles. The van der Waals surface area contributed by atoms with Crippen molar-refractivity contribution >= 4 is 35.1 Å². The summed E-state index contributed by atoms with van der Waals surface area (Å²) in [6.45, 7) is -0.472. The van der Waals surface area contributed by atoms with Crippen LogP contribution in [0, 0.1) is 0 Å². The molecule has 2 atom stereocenters. The van der Waals surface area contributed by atoms with Crippen LogP contribution in [0.5, 0.6) is 0 Å². The number of carbonyl (C=O) groups excluding carboxylic acids is 3. The van der Waals surface area contributed by atoms with Gasteiger partial charge in [0.05, 0.1) is 12.0 Å². The van der Waals surface area contributed by atoms with Crippen molar-refractivity contribution < 1.29 is 23.5 Å². The molecule has 4 rings (SSSR count). The van der Waals surface area contributed by atoms with Crippen LogP contribution in [-0.4, -0.2) is 41.2 Å². The third-order valence-corrected chi connectivity index (χ3v) is 5.08.